The summed E-state index contributed by atoms with van der Waals surface area (Å²) in [5.74, 6) is -1.40. The van der Waals surface area contributed by atoms with Crippen LogP contribution in [-0.2, 0) is 27.4 Å². The molecule has 0 bridgehead atoms. The van der Waals surface area contributed by atoms with Crippen LogP contribution in [0, 0.1) is 0 Å². The smallest absolute Gasteiger partial charge is 0.437 e. The van der Waals surface area contributed by atoms with Crippen molar-refractivity contribution < 1.29 is 23.2 Å². The van der Waals surface area contributed by atoms with Crippen LogP contribution in [0.1, 0.15) is 12.7 Å². The van der Waals surface area contributed by atoms with Gasteiger partial charge in [-0.3, -0.25) is 9.59 Å². The predicted molar refractivity (Wildman–Crippen MR) is 92.3 cm³/mol. The fourth-order valence-electron chi connectivity index (χ4n) is 2.24. The van der Waals surface area contributed by atoms with E-state index in [0.717, 1.165) is 4.68 Å². The highest BCUT2D eigenvalue weighted by molar-refractivity contribution is 5.83. The molecule has 2 heterocycles. The highest BCUT2D eigenvalue weighted by atomic mass is 16.5. The first-order valence-electron chi connectivity index (χ1n) is 8.16. The molecule has 0 saturated carbocycles. The van der Waals surface area contributed by atoms with E-state index in [1.807, 2.05) is 6.07 Å². The molecule has 9 nitrogen and oxygen atoms in total. The first-order valence-corrected chi connectivity index (χ1v) is 8.16. The van der Waals surface area contributed by atoms with Crippen LogP contribution in [0.4, 0.5) is 0 Å². The first kappa shape index (κ1) is 18.2. The third kappa shape index (κ3) is 4.72. The molecule has 0 fully saturated rings. The van der Waals surface area contributed by atoms with E-state index in [-0.39, 0.29) is 12.4 Å². The number of benzene rings is 1. The molecule has 2 aromatic heterocycles. The number of rotatable bonds is 7. The van der Waals surface area contributed by atoms with E-state index in [2.05, 4.69) is 10.4 Å². The summed E-state index contributed by atoms with van der Waals surface area (Å²) in [5.41, 5.74) is 0.604. The number of esters is 1. The largest absolute Gasteiger partial charge is 0.467 e. The number of amides is 1. The van der Waals surface area contributed by atoms with Gasteiger partial charge in [-0.2, -0.15) is 4.68 Å². The molecule has 140 valence electrons. The minimum atomic E-state index is -1.04. The minimum Gasteiger partial charge on any atom is -0.467 e. The Balaban J connectivity index is 1.55. The van der Waals surface area contributed by atoms with E-state index in [1.54, 1.807) is 36.4 Å². The summed E-state index contributed by atoms with van der Waals surface area (Å²) in [5, 5.41) is 6.54. The molecule has 0 aliphatic rings. The van der Waals surface area contributed by atoms with Crippen molar-refractivity contribution in [3.63, 3.8) is 0 Å². The number of hydrogen-bond donors (Lipinski definition) is 1. The van der Waals surface area contributed by atoms with Gasteiger partial charge in [0.2, 0.25) is 5.89 Å². The van der Waals surface area contributed by atoms with Gasteiger partial charge in [-0.25, -0.2) is 4.79 Å². The molecule has 0 saturated heterocycles. The van der Waals surface area contributed by atoms with Gasteiger partial charge < -0.3 is 18.9 Å². The molecular weight excluding hydrogens is 354 g/mol. The van der Waals surface area contributed by atoms with Crippen molar-refractivity contribution in [3.8, 4) is 11.5 Å². The summed E-state index contributed by atoms with van der Waals surface area (Å²) in [6.45, 7) is 1.14. The third-order valence-electron chi connectivity index (χ3n) is 3.60. The molecule has 1 amide bonds. The lowest BCUT2D eigenvalue weighted by Crippen LogP contribution is -2.36. The zero-order valence-electron chi connectivity index (χ0n) is 14.5. The van der Waals surface area contributed by atoms with E-state index < -0.39 is 30.3 Å². The molecule has 0 unspecified atom stereocenters. The number of furan rings is 1. The second-order valence-electron chi connectivity index (χ2n) is 5.63. The summed E-state index contributed by atoms with van der Waals surface area (Å²) in [6.07, 6.45) is 0.452. The highest BCUT2D eigenvalue weighted by Crippen LogP contribution is 2.13. The molecule has 0 aliphatic carbocycles. The quantitative estimate of drug-likeness (QED) is 0.623. The molecular formula is C18H17N3O6. The van der Waals surface area contributed by atoms with Crippen molar-refractivity contribution in [1.29, 1.82) is 0 Å². The number of nitrogens with zero attached hydrogens (tertiary/aromatic N) is 2. The van der Waals surface area contributed by atoms with E-state index in [1.165, 1.54) is 13.2 Å². The Labute approximate surface area is 153 Å². The minimum absolute atomic E-state index is 0.0950. The summed E-state index contributed by atoms with van der Waals surface area (Å²) in [4.78, 5) is 35.8. The van der Waals surface area contributed by atoms with Gasteiger partial charge >= 0.3 is 11.7 Å². The number of ether oxygens (including phenoxy) is 1. The predicted octanol–water partition coefficient (Wildman–Crippen LogP) is 1.34. The number of nitrogens with one attached hydrogen (secondary N) is 1. The van der Waals surface area contributed by atoms with E-state index in [0.29, 0.717) is 11.3 Å². The molecule has 1 N–H and O–H groups in total. The monoisotopic (exact) mass is 371 g/mol. The third-order valence-corrected chi connectivity index (χ3v) is 3.60. The summed E-state index contributed by atoms with van der Waals surface area (Å²) < 4.78 is 16.0. The number of carbonyl (C=O) groups excluding carboxylic acids is 2. The van der Waals surface area contributed by atoms with Gasteiger partial charge in [0.05, 0.1) is 12.8 Å². The van der Waals surface area contributed by atoms with Gasteiger partial charge in [0.15, 0.2) is 6.10 Å². The van der Waals surface area contributed by atoms with Crippen molar-refractivity contribution in [1.82, 2.24) is 15.1 Å². The Bertz CT molecular complexity index is 959. The maximum Gasteiger partial charge on any atom is 0.437 e. The second kappa shape index (κ2) is 8.17. The standard InChI is InChI=1S/C18H17N3O6/c1-12(16(23)19-10-14-8-5-9-25-14)26-15(22)11-21-18(24)27-17(20-21)13-6-3-2-4-7-13/h2-9,12H,10-11H2,1H3,(H,19,23)/t12-/m0/s1. The molecule has 3 rings (SSSR count). The Morgan fingerprint density at radius 3 is 2.70 bits per heavy atom. The molecule has 9 heteroatoms. The molecule has 0 radical (unpaired) electrons. The SMILES string of the molecule is C[C@H](OC(=O)Cn1nc(-c2ccccc2)oc1=O)C(=O)NCc1ccco1. The number of carbonyl (C=O) groups is 2. The maximum atomic E-state index is 12.0. The fourth-order valence-corrected chi connectivity index (χ4v) is 2.24. The summed E-state index contributed by atoms with van der Waals surface area (Å²) in [6, 6.07) is 12.2. The van der Waals surface area contributed by atoms with Gasteiger partial charge in [0, 0.05) is 5.56 Å². The summed E-state index contributed by atoms with van der Waals surface area (Å²) in [7, 11) is 0. The van der Waals surface area contributed by atoms with Crippen LogP contribution in [0.15, 0.2) is 62.4 Å². The van der Waals surface area contributed by atoms with Crippen LogP contribution in [0.25, 0.3) is 11.5 Å². The lowest BCUT2D eigenvalue weighted by molar-refractivity contribution is -0.155. The molecule has 3 aromatic rings. The zero-order valence-corrected chi connectivity index (χ0v) is 14.5. The van der Waals surface area contributed by atoms with Gasteiger partial charge in [-0.05, 0) is 31.2 Å². The Morgan fingerprint density at radius 1 is 1.22 bits per heavy atom. The molecule has 1 aromatic carbocycles. The van der Waals surface area contributed by atoms with Crippen molar-refractivity contribution in [2.24, 2.45) is 0 Å². The van der Waals surface area contributed by atoms with E-state index in [9.17, 15) is 14.4 Å². The second-order valence-corrected chi connectivity index (χ2v) is 5.63. The van der Waals surface area contributed by atoms with Crippen molar-refractivity contribution in [2.45, 2.75) is 26.1 Å². The van der Waals surface area contributed by atoms with E-state index in [4.69, 9.17) is 13.6 Å². The first-order chi connectivity index (χ1) is 13.0. The summed E-state index contributed by atoms with van der Waals surface area (Å²) >= 11 is 0. The maximum absolute atomic E-state index is 12.0. The normalized spacial score (nSPS) is 11.7. The van der Waals surface area contributed by atoms with Crippen LogP contribution >= 0.6 is 0 Å². The Kier molecular flexibility index (Phi) is 5.50. The fraction of sp³-hybridized carbons (Fsp3) is 0.222. The topological polar surface area (TPSA) is 117 Å². The lowest BCUT2D eigenvalue weighted by atomic mass is 10.2. The van der Waals surface area contributed by atoms with Gasteiger partial charge in [0.1, 0.15) is 12.3 Å². The lowest BCUT2D eigenvalue weighted by Gasteiger charge is -2.12. The van der Waals surface area contributed by atoms with Crippen LogP contribution in [0.5, 0.6) is 0 Å². The Hall–Kier alpha value is -3.62. The number of hydrogen-bond acceptors (Lipinski definition) is 7. The average molecular weight is 371 g/mol. The van der Waals surface area contributed by atoms with Gasteiger partial charge in [-0.1, -0.05) is 18.2 Å². The zero-order chi connectivity index (χ0) is 19.2. The van der Waals surface area contributed by atoms with Crippen molar-refractivity contribution in [2.75, 3.05) is 0 Å². The molecule has 0 spiro atoms. The number of aromatic nitrogens is 2. The van der Waals surface area contributed by atoms with Crippen LogP contribution in [0.3, 0.4) is 0 Å². The van der Waals surface area contributed by atoms with Gasteiger partial charge in [0.25, 0.3) is 5.91 Å². The molecule has 0 aliphatic heterocycles. The van der Waals surface area contributed by atoms with Gasteiger partial charge in [-0.15, -0.1) is 5.10 Å². The van der Waals surface area contributed by atoms with Crippen molar-refractivity contribution >= 4 is 11.9 Å². The Morgan fingerprint density at radius 2 is 2.00 bits per heavy atom. The van der Waals surface area contributed by atoms with Crippen LogP contribution < -0.4 is 11.1 Å². The van der Waals surface area contributed by atoms with Crippen molar-refractivity contribution in [3.05, 3.63) is 65.0 Å². The average Bonchev–Trinajstić information content (AvgIpc) is 3.30. The van der Waals surface area contributed by atoms with Crippen LogP contribution in [0.2, 0.25) is 0 Å². The molecule has 27 heavy (non-hydrogen) atoms. The molecule has 1 atom stereocenters. The highest BCUT2D eigenvalue weighted by Gasteiger charge is 2.20. The van der Waals surface area contributed by atoms with Crippen LogP contribution in [-0.4, -0.2) is 27.8 Å². The van der Waals surface area contributed by atoms with E-state index >= 15 is 0 Å².